The van der Waals surface area contributed by atoms with Crippen LogP contribution in [0.3, 0.4) is 0 Å². The Hall–Kier alpha value is -0.340. The Morgan fingerprint density at radius 1 is 1.82 bits per heavy atom. The Kier molecular flexibility index (Phi) is 3.09. The fourth-order valence-electron chi connectivity index (χ4n) is 1.61. The summed E-state index contributed by atoms with van der Waals surface area (Å²) in [6, 6.07) is 1.03. The van der Waals surface area contributed by atoms with Crippen molar-refractivity contribution in [3.63, 3.8) is 0 Å². The second-order valence-electron chi connectivity index (χ2n) is 3.42. The van der Waals surface area contributed by atoms with Gasteiger partial charge in [-0.25, -0.2) is 0 Å². The maximum Gasteiger partial charge on any atom is 0.0180 e. The van der Waals surface area contributed by atoms with Gasteiger partial charge in [-0.05, 0) is 19.8 Å². The third-order valence-electron chi connectivity index (χ3n) is 2.39. The third-order valence-corrected chi connectivity index (χ3v) is 2.39. The molecule has 1 rings (SSSR count). The minimum Gasteiger partial charge on any atom is -0.326 e. The zero-order chi connectivity index (χ0) is 8.27. The first kappa shape index (κ1) is 8.75. The molecule has 1 fully saturated rings. The van der Waals surface area contributed by atoms with Gasteiger partial charge in [-0.3, -0.25) is 4.90 Å². The summed E-state index contributed by atoms with van der Waals surface area (Å²) in [6.07, 6.45) is 4.21. The molecule has 11 heavy (non-hydrogen) atoms. The second kappa shape index (κ2) is 3.88. The van der Waals surface area contributed by atoms with Crippen molar-refractivity contribution in [3.05, 3.63) is 12.7 Å². The van der Waals surface area contributed by atoms with Gasteiger partial charge in [0.25, 0.3) is 0 Å². The van der Waals surface area contributed by atoms with Crippen molar-refractivity contribution in [2.75, 3.05) is 13.1 Å². The highest BCUT2D eigenvalue weighted by molar-refractivity contribution is 4.84. The summed E-state index contributed by atoms with van der Waals surface area (Å²) in [6.45, 7) is 8.20. The maximum atomic E-state index is 5.79. The van der Waals surface area contributed by atoms with Gasteiger partial charge in [-0.2, -0.15) is 0 Å². The number of likely N-dealkylation sites (tertiary alicyclic amines) is 1. The number of hydrogen-bond donors (Lipinski definition) is 1. The smallest absolute Gasteiger partial charge is 0.0180 e. The maximum absolute atomic E-state index is 5.79. The molecule has 0 aromatic rings. The van der Waals surface area contributed by atoms with Gasteiger partial charge >= 0.3 is 0 Å². The van der Waals surface area contributed by atoms with E-state index in [0.717, 1.165) is 25.9 Å². The highest BCUT2D eigenvalue weighted by Crippen LogP contribution is 2.12. The number of hydrogen-bond acceptors (Lipinski definition) is 2. The quantitative estimate of drug-likeness (QED) is 0.614. The van der Waals surface area contributed by atoms with E-state index in [4.69, 9.17) is 5.73 Å². The van der Waals surface area contributed by atoms with Crippen LogP contribution < -0.4 is 5.73 Å². The molecule has 1 aliphatic heterocycles. The van der Waals surface area contributed by atoms with Crippen molar-refractivity contribution in [1.29, 1.82) is 0 Å². The van der Waals surface area contributed by atoms with Gasteiger partial charge in [0.1, 0.15) is 0 Å². The lowest BCUT2D eigenvalue weighted by Crippen LogP contribution is -2.33. The van der Waals surface area contributed by atoms with Crippen LogP contribution in [0.1, 0.15) is 19.8 Å². The Morgan fingerprint density at radius 2 is 2.55 bits per heavy atom. The van der Waals surface area contributed by atoms with Crippen LogP contribution in [0.5, 0.6) is 0 Å². The molecule has 2 unspecified atom stereocenters. The van der Waals surface area contributed by atoms with Gasteiger partial charge < -0.3 is 5.73 Å². The molecule has 0 spiro atoms. The molecule has 0 amide bonds. The first-order valence-electron chi connectivity index (χ1n) is 4.34. The van der Waals surface area contributed by atoms with E-state index in [2.05, 4.69) is 18.4 Å². The number of rotatable bonds is 3. The van der Waals surface area contributed by atoms with Crippen LogP contribution in [0.15, 0.2) is 12.7 Å². The molecular formula is C9H18N2. The SMILES string of the molecule is C=CCC(C)N1CCC(N)C1. The van der Waals surface area contributed by atoms with Crippen molar-refractivity contribution in [2.45, 2.75) is 31.8 Å². The first-order chi connectivity index (χ1) is 5.24. The number of nitrogens with zero attached hydrogens (tertiary/aromatic N) is 1. The van der Waals surface area contributed by atoms with E-state index in [0.29, 0.717) is 12.1 Å². The molecule has 64 valence electrons. The monoisotopic (exact) mass is 154 g/mol. The van der Waals surface area contributed by atoms with Gasteiger partial charge in [0.05, 0.1) is 0 Å². The Morgan fingerprint density at radius 3 is 3.00 bits per heavy atom. The molecular weight excluding hydrogens is 136 g/mol. The molecule has 2 N–H and O–H groups in total. The lowest BCUT2D eigenvalue weighted by Gasteiger charge is -2.22. The molecule has 1 saturated heterocycles. The topological polar surface area (TPSA) is 29.3 Å². The molecule has 0 aliphatic carbocycles. The van der Waals surface area contributed by atoms with Crippen molar-refractivity contribution >= 4 is 0 Å². The second-order valence-corrected chi connectivity index (χ2v) is 3.42. The largest absolute Gasteiger partial charge is 0.326 e. The first-order valence-corrected chi connectivity index (χ1v) is 4.34. The lowest BCUT2D eigenvalue weighted by atomic mass is 10.2. The van der Waals surface area contributed by atoms with E-state index in [9.17, 15) is 0 Å². The average Bonchev–Trinajstić information content (AvgIpc) is 2.36. The Labute approximate surface area is 69.1 Å². The van der Waals surface area contributed by atoms with Gasteiger partial charge in [0.2, 0.25) is 0 Å². The summed E-state index contributed by atoms with van der Waals surface area (Å²) in [5.74, 6) is 0. The van der Waals surface area contributed by atoms with Crippen LogP contribution in [-0.2, 0) is 0 Å². The molecule has 0 bridgehead atoms. The molecule has 0 aromatic carbocycles. The summed E-state index contributed by atoms with van der Waals surface area (Å²) < 4.78 is 0. The van der Waals surface area contributed by atoms with E-state index in [1.807, 2.05) is 6.08 Å². The highest BCUT2D eigenvalue weighted by Gasteiger charge is 2.22. The molecule has 2 nitrogen and oxygen atoms in total. The normalized spacial score (nSPS) is 28.7. The van der Waals surface area contributed by atoms with Crippen LogP contribution >= 0.6 is 0 Å². The van der Waals surface area contributed by atoms with E-state index < -0.39 is 0 Å². The molecule has 2 heteroatoms. The molecule has 1 heterocycles. The molecule has 1 aliphatic rings. The van der Waals surface area contributed by atoms with Crippen LogP contribution in [0.2, 0.25) is 0 Å². The van der Waals surface area contributed by atoms with Crippen molar-refractivity contribution in [1.82, 2.24) is 4.90 Å². The fourth-order valence-corrected chi connectivity index (χ4v) is 1.61. The minimum absolute atomic E-state index is 0.405. The van der Waals surface area contributed by atoms with Crippen molar-refractivity contribution in [2.24, 2.45) is 5.73 Å². The molecule has 0 radical (unpaired) electrons. The standard InChI is InChI=1S/C9H18N2/c1-3-4-8(2)11-6-5-9(10)7-11/h3,8-9H,1,4-7,10H2,2H3. The van der Waals surface area contributed by atoms with Crippen molar-refractivity contribution in [3.8, 4) is 0 Å². The van der Waals surface area contributed by atoms with E-state index in [1.54, 1.807) is 0 Å². The molecule has 0 aromatic heterocycles. The Balaban J connectivity index is 2.30. The highest BCUT2D eigenvalue weighted by atomic mass is 15.2. The van der Waals surface area contributed by atoms with Crippen LogP contribution in [0.4, 0.5) is 0 Å². The van der Waals surface area contributed by atoms with Gasteiger partial charge in [0.15, 0.2) is 0 Å². The van der Waals surface area contributed by atoms with Crippen LogP contribution in [-0.4, -0.2) is 30.1 Å². The van der Waals surface area contributed by atoms with E-state index in [-0.39, 0.29) is 0 Å². The van der Waals surface area contributed by atoms with Crippen molar-refractivity contribution < 1.29 is 0 Å². The molecule has 0 saturated carbocycles. The van der Waals surface area contributed by atoms with Crippen LogP contribution in [0, 0.1) is 0 Å². The van der Waals surface area contributed by atoms with Gasteiger partial charge in [0, 0.05) is 25.2 Å². The number of nitrogens with two attached hydrogens (primary N) is 1. The Bertz CT molecular complexity index is 134. The predicted octanol–water partition coefficient (Wildman–Crippen LogP) is 0.984. The summed E-state index contributed by atoms with van der Waals surface area (Å²) in [7, 11) is 0. The minimum atomic E-state index is 0.405. The lowest BCUT2D eigenvalue weighted by molar-refractivity contribution is 0.257. The van der Waals surface area contributed by atoms with Gasteiger partial charge in [-0.1, -0.05) is 6.08 Å². The molecule has 2 atom stereocenters. The summed E-state index contributed by atoms with van der Waals surface area (Å²) in [4.78, 5) is 2.44. The summed E-state index contributed by atoms with van der Waals surface area (Å²) >= 11 is 0. The van der Waals surface area contributed by atoms with E-state index in [1.165, 1.54) is 0 Å². The van der Waals surface area contributed by atoms with Gasteiger partial charge in [-0.15, -0.1) is 6.58 Å². The predicted molar refractivity (Wildman–Crippen MR) is 48.4 cm³/mol. The summed E-state index contributed by atoms with van der Waals surface area (Å²) in [5.41, 5.74) is 5.79. The zero-order valence-corrected chi connectivity index (χ0v) is 7.29. The van der Waals surface area contributed by atoms with Crippen LogP contribution in [0.25, 0.3) is 0 Å². The zero-order valence-electron chi connectivity index (χ0n) is 7.29. The fraction of sp³-hybridized carbons (Fsp3) is 0.778. The summed E-state index contributed by atoms with van der Waals surface area (Å²) in [5, 5.41) is 0. The van der Waals surface area contributed by atoms with E-state index >= 15 is 0 Å². The average molecular weight is 154 g/mol. The third kappa shape index (κ3) is 2.31.